The summed E-state index contributed by atoms with van der Waals surface area (Å²) in [4.78, 5) is 33.0. The third-order valence-electron chi connectivity index (χ3n) is 3.75. The number of para-hydroxylation sites is 1. The van der Waals surface area contributed by atoms with Gasteiger partial charge in [0.2, 0.25) is 0 Å². The average Bonchev–Trinajstić information content (AvgIpc) is 2.99. The molecule has 0 aliphatic rings. The molecule has 2 aromatic carbocycles. The second-order valence-corrected chi connectivity index (χ2v) is 5.51. The molecule has 3 N–H and O–H groups in total. The molecular weight excluding hydrogens is 320 g/mol. The van der Waals surface area contributed by atoms with Gasteiger partial charge >= 0.3 is 5.69 Å². The van der Waals surface area contributed by atoms with Gasteiger partial charge in [-0.25, -0.2) is 4.79 Å². The smallest absolute Gasteiger partial charge is 0.323 e. The van der Waals surface area contributed by atoms with E-state index in [0.717, 1.165) is 5.39 Å². The van der Waals surface area contributed by atoms with Crippen molar-refractivity contribution in [2.24, 2.45) is 0 Å². The molecule has 0 radical (unpaired) electrons. The van der Waals surface area contributed by atoms with Crippen molar-refractivity contribution >= 4 is 33.5 Å². The summed E-state index contributed by atoms with van der Waals surface area (Å²) < 4.78 is 5.61. The van der Waals surface area contributed by atoms with Gasteiger partial charge in [-0.2, -0.15) is 0 Å². The molecule has 0 aliphatic carbocycles. The number of rotatable bonds is 4. The number of hydrogen-bond acceptors (Lipinski definition) is 4. The summed E-state index contributed by atoms with van der Waals surface area (Å²) in [7, 11) is 0. The number of fused-ring (bicyclic) bond motifs is 2. The van der Waals surface area contributed by atoms with Crippen molar-refractivity contribution in [1.82, 2.24) is 15.0 Å². The molecule has 0 saturated carbocycles. The quantitative estimate of drug-likeness (QED) is 0.533. The first-order chi connectivity index (χ1) is 12.2. The standard InChI is InChI=1S/C18H14N4O3/c23-16(20-12-6-7-13-14(9-12)22-18(24)21-13)10-25-15-5-1-3-11-4-2-8-19-17(11)15/h1-9H,10H2,(H,20,23)(H2,21,22,24). The third-order valence-corrected chi connectivity index (χ3v) is 3.75. The Bertz CT molecular complexity index is 1120. The van der Waals surface area contributed by atoms with Crippen molar-refractivity contribution in [1.29, 1.82) is 0 Å². The van der Waals surface area contributed by atoms with Crippen LogP contribution in [0.4, 0.5) is 5.69 Å². The number of carbonyl (C=O) groups is 1. The van der Waals surface area contributed by atoms with Crippen LogP contribution in [0.3, 0.4) is 0 Å². The number of aromatic nitrogens is 3. The number of hydrogen-bond donors (Lipinski definition) is 3. The Morgan fingerprint density at radius 2 is 1.92 bits per heavy atom. The van der Waals surface area contributed by atoms with Crippen LogP contribution in [0.15, 0.2) is 59.5 Å². The van der Waals surface area contributed by atoms with Crippen LogP contribution in [0.25, 0.3) is 21.9 Å². The van der Waals surface area contributed by atoms with Crippen molar-refractivity contribution in [3.63, 3.8) is 0 Å². The zero-order valence-electron chi connectivity index (χ0n) is 13.1. The Balaban J connectivity index is 1.47. The van der Waals surface area contributed by atoms with Gasteiger partial charge in [-0.15, -0.1) is 0 Å². The van der Waals surface area contributed by atoms with E-state index in [1.165, 1.54) is 0 Å². The minimum Gasteiger partial charge on any atom is -0.481 e. The maximum Gasteiger partial charge on any atom is 0.323 e. The number of nitrogens with one attached hydrogen (secondary N) is 3. The number of carbonyl (C=O) groups excluding carboxylic acids is 1. The van der Waals surface area contributed by atoms with E-state index in [-0.39, 0.29) is 18.2 Å². The van der Waals surface area contributed by atoms with E-state index in [1.807, 2.05) is 24.3 Å². The van der Waals surface area contributed by atoms with Gasteiger partial charge in [-0.3, -0.25) is 9.78 Å². The molecule has 0 spiro atoms. The maximum atomic E-state index is 12.1. The van der Waals surface area contributed by atoms with Crippen LogP contribution in [0.1, 0.15) is 0 Å². The fraction of sp³-hybridized carbons (Fsp3) is 0.0556. The monoisotopic (exact) mass is 334 g/mol. The average molecular weight is 334 g/mol. The van der Waals surface area contributed by atoms with Gasteiger partial charge < -0.3 is 20.0 Å². The van der Waals surface area contributed by atoms with Crippen molar-refractivity contribution < 1.29 is 9.53 Å². The van der Waals surface area contributed by atoms with Gasteiger partial charge in [0.1, 0.15) is 11.3 Å². The van der Waals surface area contributed by atoms with Crippen LogP contribution in [0.5, 0.6) is 5.75 Å². The van der Waals surface area contributed by atoms with Gasteiger partial charge in [0.15, 0.2) is 6.61 Å². The minimum atomic E-state index is -0.301. The molecule has 25 heavy (non-hydrogen) atoms. The summed E-state index contributed by atoms with van der Waals surface area (Å²) in [5.74, 6) is 0.254. The topological polar surface area (TPSA) is 99.9 Å². The molecular formula is C18H14N4O3. The molecule has 124 valence electrons. The third kappa shape index (κ3) is 3.07. The van der Waals surface area contributed by atoms with E-state index in [1.54, 1.807) is 30.5 Å². The van der Waals surface area contributed by atoms with E-state index in [0.29, 0.717) is 28.0 Å². The number of pyridine rings is 1. The first kappa shape index (κ1) is 14.9. The molecule has 0 aliphatic heterocycles. The molecule has 0 saturated heterocycles. The molecule has 0 bridgehead atoms. The van der Waals surface area contributed by atoms with Crippen LogP contribution >= 0.6 is 0 Å². The molecule has 7 nitrogen and oxygen atoms in total. The molecule has 1 amide bonds. The van der Waals surface area contributed by atoms with E-state index < -0.39 is 0 Å². The number of nitrogens with zero attached hydrogens (tertiary/aromatic N) is 1. The number of benzene rings is 2. The number of H-pyrrole nitrogens is 2. The lowest BCUT2D eigenvalue weighted by atomic mass is 10.2. The van der Waals surface area contributed by atoms with Crippen molar-refractivity contribution in [2.75, 3.05) is 11.9 Å². The number of ether oxygens (including phenoxy) is 1. The Hall–Kier alpha value is -3.61. The van der Waals surface area contributed by atoms with Crippen molar-refractivity contribution in [2.45, 2.75) is 0 Å². The Labute approximate surface area is 141 Å². The van der Waals surface area contributed by atoms with Crippen molar-refractivity contribution in [3.8, 4) is 5.75 Å². The summed E-state index contributed by atoms with van der Waals surface area (Å²) in [6, 6.07) is 14.5. The fourth-order valence-corrected chi connectivity index (χ4v) is 2.64. The maximum absolute atomic E-state index is 12.1. The lowest BCUT2D eigenvalue weighted by Gasteiger charge is -2.09. The molecule has 2 heterocycles. The molecule has 0 atom stereocenters. The normalized spacial score (nSPS) is 10.9. The summed E-state index contributed by atoms with van der Waals surface area (Å²) in [6.45, 7) is -0.141. The van der Waals surface area contributed by atoms with Gasteiger partial charge in [0, 0.05) is 17.3 Å². The number of amides is 1. The molecule has 0 unspecified atom stereocenters. The predicted octanol–water partition coefficient (Wildman–Crippen LogP) is 2.42. The van der Waals surface area contributed by atoms with Gasteiger partial charge in [0.25, 0.3) is 5.91 Å². The van der Waals surface area contributed by atoms with E-state index in [4.69, 9.17) is 4.74 Å². The summed E-state index contributed by atoms with van der Waals surface area (Å²) in [6.07, 6.45) is 1.68. The number of aromatic amines is 2. The van der Waals surface area contributed by atoms with Crippen LogP contribution in [0.2, 0.25) is 0 Å². The van der Waals surface area contributed by atoms with Crippen LogP contribution in [0, 0.1) is 0 Å². The molecule has 2 aromatic heterocycles. The summed E-state index contributed by atoms with van der Waals surface area (Å²) in [5.41, 5.74) is 2.31. The van der Waals surface area contributed by atoms with Gasteiger partial charge in [-0.05, 0) is 30.3 Å². The second-order valence-electron chi connectivity index (χ2n) is 5.51. The zero-order chi connectivity index (χ0) is 17.2. The highest BCUT2D eigenvalue weighted by molar-refractivity contribution is 5.94. The van der Waals surface area contributed by atoms with Gasteiger partial charge in [-0.1, -0.05) is 18.2 Å². The lowest BCUT2D eigenvalue weighted by molar-refractivity contribution is -0.118. The lowest BCUT2D eigenvalue weighted by Crippen LogP contribution is -2.20. The highest BCUT2D eigenvalue weighted by Crippen LogP contribution is 2.23. The fourth-order valence-electron chi connectivity index (χ4n) is 2.64. The molecule has 0 fully saturated rings. The number of anilines is 1. The summed E-state index contributed by atoms with van der Waals surface area (Å²) in [5, 5.41) is 3.69. The van der Waals surface area contributed by atoms with Crippen LogP contribution < -0.4 is 15.7 Å². The highest BCUT2D eigenvalue weighted by atomic mass is 16.5. The Morgan fingerprint density at radius 1 is 1.08 bits per heavy atom. The minimum absolute atomic E-state index is 0.141. The Kier molecular flexibility index (Phi) is 3.66. The zero-order valence-corrected chi connectivity index (χ0v) is 13.1. The van der Waals surface area contributed by atoms with Crippen LogP contribution in [-0.2, 0) is 4.79 Å². The molecule has 7 heteroatoms. The second kappa shape index (κ2) is 6.12. The Morgan fingerprint density at radius 3 is 2.84 bits per heavy atom. The van der Waals surface area contributed by atoms with Crippen LogP contribution in [-0.4, -0.2) is 27.5 Å². The van der Waals surface area contributed by atoms with E-state index in [2.05, 4.69) is 20.3 Å². The first-order valence-electron chi connectivity index (χ1n) is 7.67. The van der Waals surface area contributed by atoms with Gasteiger partial charge in [0.05, 0.1) is 11.0 Å². The van der Waals surface area contributed by atoms with E-state index >= 15 is 0 Å². The molecule has 4 rings (SSSR count). The van der Waals surface area contributed by atoms with E-state index in [9.17, 15) is 9.59 Å². The SMILES string of the molecule is O=C(COc1cccc2cccnc12)Nc1ccc2[nH]c(=O)[nH]c2c1. The van der Waals surface area contributed by atoms with Crippen molar-refractivity contribution in [3.05, 3.63) is 65.2 Å². The first-order valence-corrected chi connectivity index (χ1v) is 7.67. The highest BCUT2D eigenvalue weighted by Gasteiger charge is 2.08. The summed E-state index contributed by atoms with van der Waals surface area (Å²) >= 11 is 0. The number of imidazole rings is 1. The molecule has 4 aromatic rings. The predicted molar refractivity (Wildman–Crippen MR) is 94.8 cm³/mol. The largest absolute Gasteiger partial charge is 0.481 e.